The number of carbonyl (C=O) groups excluding carboxylic acids is 1. The molecule has 2 heterocycles. The third kappa shape index (κ3) is 3.68. The van der Waals surface area contributed by atoms with Gasteiger partial charge in [-0.3, -0.25) is 9.78 Å². The molecular weight excluding hydrogens is 268 g/mol. The van der Waals surface area contributed by atoms with Crippen LogP contribution in [0.1, 0.15) is 48.7 Å². The number of carbonyl (C=O) groups is 2. The van der Waals surface area contributed by atoms with Crippen LogP contribution in [0.25, 0.3) is 6.08 Å². The fourth-order valence-corrected chi connectivity index (χ4v) is 2.72. The van der Waals surface area contributed by atoms with E-state index < -0.39 is 5.97 Å². The van der Waals surface area contributed by atoms with Crippen molar-refractivity contribution >= 4 is 18.0 Å². The number of hydrogen-bond donors (Lipinski definition) is 1. The molecule has 1 saturated heterocycles. The number of piperidine rings is 1. The van der Waals surface area contributed by atoms with Crippen molar-refractivity contribution in [2.45, 2.75) is 38.6 Å². The summed E-state index contributed by atoms with van der Waals surface area (Å²) >= 11 is 0. The Balaban J connectivity index is 2.28. The number of aromatic nitrogens is 1. The van der Waals surface area contributed by atoms with Crippen LogP contribution < -0.4 is 0 Å². The minimum atomic E-state index is -1.04. The molecule has 1 aromatic rings. The second-order valence-electron chi connectivity index (χ2n) is 5.17. The van der Waals surface area contributed by atoms with Crippen LogP contribution in [0.3, 0.4) is 0 Å². The van der Waals surface area contributed by atoms with Crippen LogP contribution in [0.5, 0.6) is 0 Å². The Kier molecular flexibility index (Phi) is 5.09. The van der Waals surface area contributed by atoms with Crippen LogP contribution in [-0.2, 0) is 4.79 Å². The summed E-state index contributed by atoms with van der Waals surface area (Å²) in [6, 6.07) is 3.67. The van der Waals surface area contributed by atoms with Crippen LogP contribution in [0.2, 0.25) is 0 Å². The second-order valence-corrected chi connectivity index (χ2v) is 5.17. The highest BCUT2D eigenvalue weighted by Gasteiger charge is 2.27. The van der Waals surface area contributed by atoms with Gasteiger partial charge in [0.05, 0.1) is 0 Å². The molecule has 1 amide bonds. The van der Waals surface area contributed by atoms with Gasteiger partial charge in [-0.2, -0.15) is 0 Å². The number of amides is 1. The second kappa shape index (κ2) is 7.02. The number of nitrogens with zero attached hydrogens (tertiary/aromatic N) is 2. The van der Waals surface area contributed by atoms with E-state index in [1.807, 2.05) is 4.90 Å². The third-order valence-corrected chi connectivity index (χ3v) is 3.81. The van der Waals surface area contributed by atoms with Gasteiger partial charge >= 0.3 is 5.97 Å². The number of aliphatic carboxylic acids is 1. The predicted molar refractivity (Wildman–Crippen MR) is 79.9 cm³/mol. The number of rotatable bonds is 4. The largest absolute Gasteiger partial charge is 0.478 e. The first-order chi connectivity index (χ1) is 10.1. The Labute approximate surface area is 124 Å². The van der Waals surface area contributed by atoms with E-state index in [4.69, 9.17) is 5.11 Å². The van der Waals surface area contributed by atoms with E-state index in [2.05, 4.69) is 11.9 Å². The van der Waals surface area contributed by atoms with E-state index in [-0.39, 0.29) is 11.9 Å². The number of hydrogen-bond acceptors (Lipinski definition) is 3. The van der Waals surface area contributed by atoms with Gasteiger partial charge < -0.3 is 10.0 Å². The highest BCUT2D eigenvalue weighted by molar-refractivity contribution is 5.97. The van der Waals surface area contributed by atoms with Crippen molar-refractivity contribution in [1.29, 1.82) is 0 Å². The molecule has 1 unspecified atom stereocenters. The highest BCUT2D eigenvalue weighted by atomic mass is 16.4. The van der Waals surface area contributed by atoms with E-state index >= 15 is 0 Å². The fraction of sp³-hybridized carbons (Fsp3) is 0.438. The van der Waals surface area contributed by atoms with Gasteiger partial charge in [-0.25, -0.2) is 4.79 Å². The molecule has 1 aliphatic rings. The molecule has 1 fully saturated rings. The molecule has 1 aliphatic heterocycles. The molecule has 1 N–H and O–H groups in total. The summed E-state index contributed by atoms with van der Waals surface area (Å²) in [6.07, 6.45) is 8.13. The molecule has 5 heteroatoms. The molecule has 0 aromatic carbocycles. The first kappa shape index (κ1) is 15.2. The monoisotopic (exact) mass is 288 g/mol. The van der Waals surface area contributed by atoms with Gasteiger partial charge in [0.15, 0.2) is 0 Å². The average Bonchev–Trinajstić information content (AvgIpc) is 2.52. The molecule has 1 atom stereocenters. The molecule has 0 spiro atoms. The van der Waals surface area contributed by atoms with Crippen molar-refractivity contribution in [2.75, 3.05) is 6.54 Å². The van der Waals surface area contributed by atoms with Gasteiger partial charge in [0.1, 0.15) is 5.69 Å². The van der Waals surface area contributed by atoms with Crippen molar-refractivity contribution in [3.8, 4) is 0 Å². The lowest BCUT2D eigenvalue weighted by atomic mass is 9.99. The molecule has 1 aromatic heterocycles. The quantitative estimate of drug-likeness (QED) is 0.864. The lowest BCUT2D eigenvalue weighted by molar-refractivity contribution is -0.131. The van der Waals surface area contributed by atoms with E-state index in [0.29, 0.717) is 11.3 Å². The van der Waals surface area contributed by atoms with Gasteiger partial charge in [0.2, 0.25) is 0 Å². The van der Waals surface area contributed by atoms with Crippen LogP contribution >= 0.6 is 0 Å². The maximum Gasteiger partial charge on any atom is 0.328 e. The smallest absolute Gasteiger partial charge is 0.328 e. The molecule has 2 rings (SSSR count). The van der Waals surface area contributed by atoms with Gasteiger partial charge in [-0.05, 0) is 37.8 Å². The SMILES string of the molecule is CCC1CCCCN1C(=O)c1ncccc1/C=C/C(=O)O. The molecule has 0 radical (unpaired) electrons. The van der Waals surface area contributed by atoms with Crippen molar-refractivity contribution in [3.63, 3.8) is 0 Å². The highest BCUT2D eigenvalue weighted by Crippen LogP contribution is 2.22. The summed E-state index contributed by atoms with van der Waals surface area (Å²) in [6.45, 7) is 2.83. The lowest BCUT2D eigenvalue weighted by Crippen LogP contribution is -2.43. The fourth-order valence-electron chi connectivity index (χ4n) is 2.72. The molecule has 0 aliphatic carbocycles. The van der Waals surface area contributed by atoms with Crippen molar-refractivity contribution in [3.05, 3.63) is 35.7 Å². The average molecular weight is 288 g/mol. The minimum Gasteiger partial charge on any atom is -0.478 e. The summed E-state index contributed by atoms with van der Waals surface area (Å²) in [5.74, 6) is -1.14. The predicted octanol–water partition coefficient (Wildman–Crippen LogP) is 2.58. The summed E-state index contributed by atoms with van der Waals surface area (Å²) in [5, 5.41) is 8.73. The Morgan fingerprint density at radius 1 is 1.48 bits per heavy atom. The van der Waals surface area contributed by atoms with Gasteiger partial charge in [0.25, 0.3) is 5.91 Å². The van der Waals surface area contributed by atoms with E-state index in [1.54, 1.807) is 18.3 Å². The van der Waals surface area contributed by atoms with Crippen molar-refractivity contribution in [2.24, 2.45) is 0 Å². The summed E-state index contributed by atoms with van der Waals surface area (Å²) in [7, 11) is 0. The Morgan fingerprint density at radius 2 is 2.29 bits per heavy atom. The van der Waals surface area contributed by atoms with E-state index in [0.717, 1.165) is 38.3 Å². The standard InChI is InChI=1S/C16H20N2O3/c1-2-13-7-3-4-11-18(13)16(21)15-12(6-5-10-17-15)8-9-14(19)20/h5-6,8-10,13H,2-4,7,11H2,1H3,(H,19,20)/b9-8+. The van der Waals surface area contributed by atoms with Crippen LogP contribution in [0.4, 0.5) is 0 Å². The summed E-state index contributed by atoms with van der Waals surface area (Å²) in [4.78, 5) is 29.4. The van der Waals surface area contributed by atoms with E-state index in [1.165, 1.54) is 6.08 Å². The summed E-state index contributed by atoms with van der Waals surface area (Å²) in [5.41, 5.74) is 0.876. The first-order valence-corrected chi connectivity index (χ1v) is 7.30. The van der Waals surface area contributed by atoms with Crippen LogP contribution in [-0.4, -0.2) is 39.5 Å². The Morgan fingerprint density at radius 3 is 3.00 bits per heavy atom. The van der Waals surface area contributed by atoms with Gasteiger partial charge in [-0.1, -0.05) is 13.0 Å². The number of carboxylic acid groups (broad SMARTS) is 1. The molecule has 0 saturated carbocycles. The van der Waals surface area contributed by atoms with Gasteiger partial charge in [-0.15, -0.1) is 0 Å². The first-order valence-electron chi connectivity index (χ1n) is 7.30. The van der Waals surface area contributed by atoms with Crippen molar-refractivity contribution < 1.29 is 14.7 Å². The third-order valence-electron chi connectivity index (χ3n) is 3.81. The lowest BCUT2D eigenvalue weighted by Gasteiger charge is -2.35. The minimum absolute atomic E-state index is 0.104. The summed E-state index contributed by atoms with van der Waals surface area (Å²) < 4.78 is 0. The maximum atomic E-state index is 12.7. The molecule has 21 heavy (non-hydrogen) atoms. The zero-order valence-corrected chi connectivity index (χ0v) is 12.2. The Bertz CT molecular complexity index is 554. The zero-order valence-electron chi connectivity index (χ0n) is 12.2. The maximum absolute atomic E-state index is 12.7. The number of carboxylic acids is 1. The van der Waals surface area contributed by atoms with E-state index in [9.17, 15) is 9.59 Å². The van der Waals surface area contributed by atoms with Gasteiger partial charge in [0, 0.05) is 30.4 Å². The number of likely N-dealkylation sites (tertiary alicyclic amines) is 1. The molecule has 5 nitrogen and oxygen atoms in total. The normalized spacial score (nSPS) is 18.9. The Hall–Kier alpha value is -2.17. The number of pyridine rings is 1. The molecule has 112 valence electrons. The molecule has 0 bridgehead atoms. The topological polar surface area (TPSA) is 70.5 Å². The van der Waals surface area contributed by atoms with Crippen LogP contribution in [0, 0.1) is 0 Å². The van der Waals surface area contributed by atoms with Crippen molar-refractivity contribution in [1.82, 2.24) is 9.88 Å². The van der Waals surface area contributed by atoms with Crippen LogP contribution in [0.15, 0.2) is 24.4 Å². The zero-order chi connectivity index (χ0) is 15.2. The molecular formula is C16H20N2O3.